The van der Waals surface area contributed by atoms with Crippen molar-refractivity contribution in [2.45, 2.75) is 13.3 Å². The minimum Gasteiger partial charge on any atom is -0.326 e. The van der Waals surface area contributed by atoms with Crippen molar-refractivity contribution in [3.05, 3.63) is 58.9 Å². The molecule has 3 amide bonds. The molecule has 0 saturated carbocycles. The van der Waals surface area contributed by atoms with Gasteiger partial charge in [-0.1, -0.05) is 23.7 Å². The van der Waals surface area contributed by atoms with Gasteiger partial charge in [-0.15, -0.1) is 16.4 Å². The summed E-state index contributed by atoms with van der Waals surface area (Å²) in [5.74, 6) is -0.881. The second-order valence-corrected chi connectivity index (χ2v) is 9.15. The Kier molecular flexibility index (Phi) is 5.76. The first-order chi connectivity index (χ1) is 16.4. The Bertz CT molecular complexity index is 1400. The topological polar surface area (TPSA) is 109 Å². The number of hydrogen-bond donors (Lipinski definition) is 2. The number of amides is 3. The van der Waals surface area contributed by atoms with Gasteiger partial charge in [0.25, 0.3) is 0 Å². The maximum atomic E-state index is 12.8. The number of carbonyl (C=O) groups is 3. The summed E-state index contributed by atoms with van der Waals surface area (Å²) in [5.41, 5.74) is 3.11. The van der Waals surface area contributed by atoms with Crippen LogP contribution in [0.4, 0.5) is 17.3 Å². The summed E-state index contributed by atoms with van der Waals surface area (Å²) in [6, 6.07) is 14.3. The van der Waals surface area contributed by atoms with Crippen molar-refractivity contribution in [2.75, 3.05) is 22.1 Å². The molecule has 1 saturated heterocycles. The molecule has 1 unspecified atom stereocenters. The molecule has 0 bridgehead atoms. The summed E-state index contributed by atoms with van der Waals surface area (Å²) in [6.07, 6.45) is 0.114. The monoisotopic (exact) mass is 494 g/mol. The smallest absolute Gasteiger partial charge is 0.250 e. The summed E-state index contributed by atoms with van der Waals surface area (Å²) >= 11 is 7.32. The average Bonchev–Trinajstić information content (AvgIpc) is 3.49. The first kappa shape index (κ1) is 22.1. The van der Waals surface area contributed by atoms with Gasteiger partial charge in [0.2, 0.25) is 28.6 Å². The van der Waals surface area contributed by atoms with Gasteiger partial charge >= 0.3 is 0 Å². The largest absolute Gasteiger partial charge is 0.326 e. The first-order valence-corrected chi connectivity index (χ1v) is 11.7. The van der Waals surface area contributed by atoms with Gasteiger partial charge in [0.05, 0.1) is 11.6 Å². The van der Waals surface area contributed by atoms with E-state index in [4.69, 9.17) is 11.6 Å². The molecule has 9 nitrogen and oxygen atoms in total. The number of nitrogens with zero attached hydrogens (tertiary/aromatic N) is 4. The molecule has 3 heterocycles. The zero-order valence-electron chi connectivity index (χ0n) is 18.0. The van der Waals surface area contributed by atoms with Crippen molar-refractivity contribution < 1.29 is 14.4 Å². The van der Waals surface area contributed by atoms with Crippen LogP contribution < -0.4 is 15.5 Å². The van der Waals surface area contributed by atoms with E-state index in [-0.39, 0.29) is 36.6 Å². The highest BCUT2D eigenvalue weighted by Crippen LogP contribution is 2.29. The molecule has 1 aliphatic rings. The fourth-order valence-corrected chi connectivity index (χ4v) is 4.78. The quantitative estimate of drug-likeness (QED) is 0.435. The fraction of sp³-hybridized carbons (Fsp3) is 0.174. The maximum Gasteiger partial charge on any atom is 0.250 e. The Morgan fingerprint density at radius 2 is 1.82 bits per heavy atom. The number of fused-ring (bicyclic) bond motifs is 1. The van der Waals surface area contributed by atoms with Gasteiger partial charge in [-0.05, 0) is 36.4 Å². The van der Waals surface area contributed by atoms with Crippen molar-refractivity contribution in [1.29, 1.82) is 0 Å². The summed E-state index contributed by atoms with van der Waals surface area (Å²) < 4.78 is 1.66. The van der Waals surface area contributed by atoms with Crippen LogP contribution in [0, 0.1) is 5.92 Å². The molecule has 2 aromatic carbocycles. The number of nitrogens with one attached hydrogen (secondary N) is 2. The molecule has 2 aromatic heterocycles. The van der Waals surface area contributed by atoms with E-state index in [0.717, 1.165) is 11.3 Å². The number of thiazole rings is 1. The van der Waals surface area contributed by atoms with Crippen LogP contribution in [0.3, 0.4) is 0 Å². The number of halogens is 1. The minimum atomic E-state index is -0.509. The van der Waals surface area contributed by atoms with Crippen LogP contribution in [0.2, 0.25) is 5.02 Å². The molecule has 172 valence electrons. The molecule has 4 aromatic rings. The zero-order valence-corrected chi connectivity index (χ0v) is 19.6. The van der Waals surface area contributed by atoms with Crippen LogP contribution in [0.1, 0.15) is 13.3 Å². The highest BCUT2D eigenvalue weighted by atomic mass is 35.5. The third-order valence-corrected chi connectivity index (χ3v) is 6.52. The third-order valence-electron chi connectivity index (χ3n) is 5.45. The maximum absolute atomic E-state index is 12.8. The lowest BCUT2D eigenvalue weighted by Crippen LogP contribution is -2.28. The highest BCUT2D eigenvalue weighted by Gasteiger charge is 2.35. The predicted molar refractivity (Wildman–Crippen MR) is 131 cm³/mol. The van der Waals surface area contributed by atoms with Crippen LogP contribution >= 0.6 is 22.9 Å². The van der Waals surface area contributed by atoms with E-state index in [9.17, 15) is 14.4 Å². The van der Waals surface area contributed by atoms with Gasteiger partial charge in [-0.2, -0.15) is 4.98 Å². The van der Waals surface area contributed by atoms with Gasteiger partial charge in [0.15, 0.2) is 0 Å². The van der Waals surface area contributed by atoms with Crippen molar-refractivity contribution in [2.24, 2.45) is 5.92 Å². The predicted octanol–water partition coefficient (Wildman–Crippen LogP) is 4.06. The van der Waals surface area contributed by atoms with E-state index < -0.39 is 5.92 Å². The first-order valence-electron chi connectivity index (χ1n) is 10.5. The van der Waals surface area contributed by atoms with Gasteiger partial charge in [-0.3, -0.25) is 19.7 Å². The zero-order chi connectivity index (χ0) is 23.8. The van der Waals surface area contributed by atoms with E-state index in [0.29, 0.717) is 21.4 Å². The van der Waals surface area contributed by atoms with Gasteiger partial charge < -0.3 is 10.2 Å². The SMILES string of the molecule is CC(=O)Nc1ccc(-c2csc3nc(NC(=O)C4CC(=O)N(c5ccc(Cl)cc5)C4)nn23)cc1. The summed E-state index contributed by atoms with van der Waals surface area (Å²) in [4.78, 5) is 43.1. The van der Waals surface area contributed by atoms with Crippen molar-refractivity contribution in [3.8, 4) is 11.3 Å². The molecule has 11 heteroatoms. The van der Waals surface area contributed by atoms with Gasteiger partial charge in [0, 0.05) is 47.2 Å². The van der Waals surface area contributed by atoms with Gasteiger partial charge in [0.1, 0.15) is 0 Å². The Morgan fingerprint density at radius 3 is 2.53 bits per heavy atom. The molecule has 0 aliphatic carbocycles. The number of benzene rings is 2. The normalized spacial score (nSPS) is 15.6. The number of rotatable bonds is 5. The van der Waals surface area contributed by atoms with Crippen molar-refractivity contribution >= 4 is 62.9 Å². The van der Waals surface area contributed by atoms with Crippen LogP contribution in [0.5, 0.6) is 0 Å². The number of hydrogen-bond acceptors (Lipinski definition) is 6. The number of anilines is 3. The van der Waals surface area contributed by atoms with E-state index in [1.54, 1.807) is 33.7 Å². The minimum absolute atomic E-state index is 0.114. The van der Waals surface area contributed by atoms with Crippen LogP contribution in [0.25, 0.3) is 16.2 Å². The molecule has 2 N–H and O–H groups in total. The van der Waals surface area contributed by atoms with Crippen LogP contribution in [-0.4, -0.2) is 38.9 Å². The number of aromatic nitrogens is 3. The molecular formula is C23H19ClN6O3S. The lowest BCUT2D eigenvalue weighted by atomic mass is 10.1. The van der Waals surface area contributed by atoms with E-state index in [1.807, 2.05) is 29.6 Å². The summed E-state index contributed by atoms with van der Waals surface area (Å²) in [7, 11) is 0. The Labute approximate surface area is 203 Å². The van der Waals surface area contributed by atoms with E-state index >= 15 is 0 Å². The third kappa shape index (κ3) is 4.37. The van der Waals surface area contributed by atoms with E-state index in [1.165, 1.54) is 18.3 Å². The standard InChI is InChI=1S/C23H19ClN6O3S/c1-13(31)25-17-6-2-14(3-7-17)19-12-34-23-27-22(28-30(19)23)26-21(33)15-10-20(32)29(11-15)18-8-4-16(24)5-9-18/h2-9,12,15H,10-11H2,1H3,(H,25,31)(H,26,28,33). The Balaban J connectivity index is 1.29. The van der Waals surface area contributed by atoms with Crippen molar-refractivity contribution in [1.82, 2.24) is 14.6 Å². The molecule has 0 spiro atoms. The second kappa shape index (κ2) is 8.88. The Morgan fingerprint density at radius 1 is 1.09 bits per heavy atom. The van der Waals surface area contributed by atoms with E-state index in [2.05, 4.69) is 20.7 Å². The number of carbonyl (C=O) groups excluding carboxylic acids is 3. The molecule has 0 radical (unpaired) electrons. The molecule has 1 atom stereocenters. The Hall–Kier alpha value is -3.76. The lowest BCUT2D eigenvalue weighted by Gasteiger charge is -2.16. The average molecular weight is 495 g/mol. The fourth-order valence-electron chi connectivity index (χ4n) is 3.83. The molecule has 1 aliphatic heterocycles. The van der Waals surface area contributed by atoms with Crippen molar-refractivity contribution in [3.63, 3.8) is 0 Å². The molecule has 34 heavy (non-hydrogen) atoms. The summed E-state index contributed by atoms with van der Waals surface area (Å²) in [5, 5.41) is 12.4. The summed E-state index contributed by atoms with van der Waals surface area (Å²) in [6.45, 7) is 1.73. The van der Waals surface area contributed by atoms with Crippen LogP contribution in [0.15, 0.2) is 53.9 Å². The molecular weight excluding hydrogens is 476 g/mol. The van der Waals surface area contributed by atoms with Gasteiger partial charge in [-0.25, -0.2) is 4.52 Å². The molecule has 1 fully saturated rings. The second-order valence-electron chi connectivity index (χ2n) is 7.88. The molecule has 5 rings (SSSR count). The van der Waals surface area contributed by atoms with Crippen LogP contribution in [-0.2, 0) is 14.4 Å². The lowest BCUT2D eigenvalue weighted by molar-refractivity contribution is -0.122. The highest BCUT2D eigenvalue weighted by molar-refractivity contribution is 7.15.